The van der Waals surface area contributed by atoms with Gasteiger partial charge in [0.05, 0.1) is 7.05 Å². The molecule has 0 unspecified atom stereocenters. The maximum absolute atomic E-state index is 6.96. The summed E-state index contributed by atoms with van der Waals surface area (Å²) in [4.78, 5) is 7.34. The monoisotopic (exact) mass is 392 g/mol. The molecule has 1 aromatic rings. The molecule has 0 atom stereocenters. The molecule has 0 amide bonds. The first-order chi connectivity index (χ1) is 6.81. The molecule has 87 valence electrons. The van der Waals surface area contributed by atoms with Crippen LogP contribution >= 0.6 is 0 Å². The van der Waals surface area contributed by atoms with Crippen LogP contribution in [0.25, 0.3) is 4.85 Å². The minimum absolute atomic E-state index is 0. The van der Waals surface area contributed by atoms with E-state index in [1.165, 1.54) is 0 Å². The smallest absolute Gasteiger partial charge is 0.242 e. The van der Waals surface area contributed by atoms with Gasteiger partial charge in [-0.3, -0.25) is 0 Å². The SMILES string of the molecule is [C-]#[N+]C1=CN(c2[c-]cccc2)CN1C.[CH3-].[Ir]. The quantitative estimate of drug-likeness (QED) is 0.681. The molecule has 3 nitrogen and oxygen atoms in total. The fourth-order valence-corrected chi connectivity index (χ4v) is 1.40. The molecular weight excluding hydrogens is 378 g/mol. The van der Waals surface area contributed by atoms with E-state index in [0.29, 0.717) is 5.82 Å². The molecule has 0 bridgehead atoms. The van der Waals surface area contributed by atoms with Gasteiger partial charge in [-0.05, 0) is 0 Å². The van der Waals surface area contributed by atoms with Crippen molar-refractivity contribution in [2.45, 2.75) is 0 Å². The van der Waals surface area contributed by atoms with Crippen LogP contribution in [0.1, 0.15) is 0 Å². The summed E-state index contributed by atoms with van der Waals surface area (Å²) in [6.45, 7) is 7.68. The fourth-order valence-electron chi connectivity index (χ4n) is 1.40. The van der Waals surface area contributed by atoms with Gasteiger partial charge in [0.2, 0.25) is 5.82 Å². The van der Waals surface area contributed by atoms with E-state index in [0.717, 1.165) is 12.4 Å². The van der Waals surface area contributed by atoms with Crippen molar-refractivity contribution in [1.82, 2.24) is 4.90 Å². The van der Waals surface area contributed by atoms with Crippen molar-refractivity contribution in [1.29, 1.82) is 0 Å². The van der Waals surface area contributed by atoms with Gasteiger partial charge in [-0.15, -0.1) is 6.07 Å². The minimum atomic E-state index is 0. The molecular formula is C12H13IrN3-2. The molecule has 2 rings (SSSR count). The van der Waals surface area contributed by atoms with Crippen LogP contribution < -0.4 is 4.90 Å². The number of para-hydroxylation sites is 1. The van der Waals surface area contributed by atoms with E-state index in [-0.39, 0.29) is 27.5 Å². The summed E-state index contributed by atoms with van der Waals surface area (Å²) >= 11 is 0. The molecule has 1 aliphatic rings. The second-order valence-corrected chi connectivity index (χ2v) is 3.16. The van der Waals surface area contributed by atoms with E-state index >= 15 is 0 Å². The van der Waals surface area contributed by atoms with Crippen LogP contribution in [0.2, 0.25) is 0 Å². The Morgan fingerprint density at radius 1 is 1.44 bits per heavy atom. The van der Waals surface area contributed by atoms with Crippen LogP contribution in [0, 0.1) is 20.1 Å². The molecule has 16 heavy (non-hydrogen) atoms. The van der Waals surface area contributed by atoms with Crippen LogP contribution in [-0.2, 0) is 20.1 Å². The Morgan fingerprint density at radius 2 is 2.19 bits per heavy atom. The second-order valence-electron chi connectivity index (χ2n) is 3.16. The van der Waals surface area contributed by atoms with E-state index in [4.69, 9.17) is 6.57 Å². The van der Waals surface area contributed by atoms with Crippen LogP contribution in [0.3, 0.4) is 0 Å². The van der Waals surface area contributed by atoms with Gasteiger partial charge in [-0.25, -0.2) is 0 Å². The number of hydrogen-bond donors (Lipinski definition) is 0. The maximum Gasteiger partial charge on any atom is 0.242 e. The van der Waals surface area contributed by atoms with Crippen molar-refractivity contribution in [2.24, 2.45) is 0 Å². The zero-order valence-electron chi connectivity index (χ0n) is 9.27. The molecule has 1 radical (unpaired) electrons. The molecule has 0 aromatic heterocycles. The summed E-state index contributed by atoms with van der Waals surface area (Å²) in [7, 11) is 1.91. The van der Waals surface area contributed by atoms with E-state index in [2.05, 4.69) is 10.9 Å². The van der Waals surface area contributed by atoms with E-state index < -0.39 is 0 Å². The summed E-state index contributed by atoms with van der Waals surface area (Å²) in [5.74, 6) is 0.669. The average Bonchev–Trinajstić information content (AvgIpc) is 2.61. The van der Waals surface area contributed by atoms with Gasteiger partial charge in [0.1, 0.15) is 6.67 Å². The third-order valence-electron chi connectivity index (χ3n) is 2.14. The summed E-state index contributed by atoms with van der Waals surface area (Å²) in [6, 6.07) is 10.9. The van der Waals surface area contributed by atoms with Crippen LogP contribution in [0.4, 0.5) is 5.69 Å². The Morgan fingerprint density at radius 3 is 2.69 bits per heavy atom. The summed E-state index contributed by atoms with van der Waals surface area (Å²) in [6.07, 6.45) is 1.85. The van der Waals surface area contributed by atoms with Crippen molar-refractivity contribution >= 4 is 5.69 Å². The number of anilines is 1. The van der Waals surface area contributed by atoms with Crippen molar-refractivity contribution in [3.63, 3.8) is 0 Å². The van der Waals surface area contributed by atoms with Crippen LogP contribution in [0.5, 0.6) is 0 Å². The van der Waals surface area contributed by atoms with Gasteiger partial charge < -0.3 is 22.1 Å². The van der Waals surface area contributed by atoms with Gasteiger partial charge in [0, 0.05) is 26.3 Å². The topological polar surface area (TPSA) is 10.8 Å². The first-order valence-corrected chi connectivity index (χ1v) is 4.35. The van der Waals surface area contributed by atoms with Crippen molar-refractivity contribution in [3.05, 3.63) is 61.2 Å². The van der Waals surface area contributed by atoms with Crippen molar-refractivity contribution in [2.75, 3.05) is 18.6 Å². The fraction of sp³-hybridized carbons (Fsp3) is 0.167. The Hall–Kier alpha value is -1.30. The predicted octanol–water partition coefficient (Wildman–Crippen LogP) is 2.36. The number of benzene rings is 1. The molecule has 4 heteroatoms. The van der Waals surface area contributed by atoms with Gasteiger partial charge in [-0.1, -0.05) is 12.3 Å². The third-order valence-corrected chi connectivity index (χ3v) is 2.14. The number of hydrogen-bond acceptors (Lipinski definition) is 2. The molecule has 0 N–H and O–H groups in total. The van der Waals surface area contributed by atoms with Gasteiger partial charge in [-0.2, -0.15) is 24.3 Å². The predicted molar refractivity (Wildman–Crippen MR) is 61.5 cm³/mol. The standard InChI is InChI=1S/C11H10N3.CH3.Ir/c1-12-11-8-14(9-13(11)2)10-6-4-3-5-7-10;;/h3-6,8H,9H2,2H3;1H3;/q2*-1;. The Bertz CT molecular complexity index is 394. The Balaban J connectivity index is 0.00000112. The summed E-state index contributed by atoms with van der Waals surface area (Å²) in [5, 5.41) is 0. The van der Waals surface area contributed by atoms with E-state index in [1.807, 2.05) is 47.3 Å². The van der Waals surface area contributed by atoms with Crippen LogP contribution in [-0.4, -0.2) is 18.6 Å². The van der Waals surface area contributed by atoms with Gasteiger partial charge in [0.15, 0.2) is 0 Å². The van der Waals surface area contributed by atoms with Gasteiger partial charge >= 0.3 is 0 Å². The van der Waals surface area contributed by atoms with Gasteiger partial charge in [0.25, 0.3) is 0 Å². The molecule has 0 aliphatic carbocycles. The third kappa shape index (κ3) is 2.85. The normalized spacial score (nSPS) is 13.4. The summed E-state index contributed by atoms with van der Waals surface area (Å²) in [5.41, 5.74) is 0.998. The minimum Gasteiger partial charge on any atom is -0.363 e. The molecule has 1 aliphatic heterocycles. The Kier molecular flexibility index (Phi) is 5.80. The first-order valence-electron chi connectivity index (χ1n) is 4.35. The number of nitrogens with zero attached hydrogens (tertiary/aromatic N) is 3. The first kappa shape index (κ1) is 14.7. The second kappa shape index (κ2) is 6.32. The van der Waals surface area contributed by atoms with Crippen LogP contribution in [0.15, 0.2) is 36.3 Å². The zero-order valence-corrected chi connectivity index (χ0v) is 11.7. The van der Waals surface area contributed by atoms with Crippen molar-refractivity contribution < 1.29 is 20.1 Å². The molecule has 0 fully saturated rings. The largest absolute Gasteiger partial charge is 0.363 e. The van der Waals surface area contributed by atoms with Crippen molar-refractivity contribution in [3.8, 4) is 0 Å². The Labute approximate surface area is 111 Å². The zero-order chi connectivity index (χ0) is 9.97. The maximum atomic E-state index is 6.96. The summed E-state index contributed by atoms with van der Waals surface area (Å²) < 4.78 is 0. The molecule has 1 heterocycles. The van der Waals surface area contributed by atoms with E-state index in [1.54, 1.807) is 0 Å². The molecule has 0 spiro atoms. The number of rotatable bonds is 1. The van der Waals surface area contributed by atoms with E-state index in [9.17, 15) is 0 Å². The molecule has 0 saturated carbocycles. The molecule has 1 aromatic carbocycles. The molecule has 0 saturated heterocycles. The average molecular weight is 391 g/mol.